The molecule has 0 saturated heterocycles. The fraction of sp³-hybridized carbons (Fsp3) is 0.385. The Morgan fingerprint density at radius 2 is 0.860 bits per heavy atom. The molecule has 5 heteroatoms. The van der Waals surface area contributed by atoms with Crippen LogP contribution >= 0.6 is 31.9 Å². The Balaban J connectivity index is 0.000000118. The number of fused-ring (bicyclic) bond motifs is 24. The molecular formula is C52H50BBr2FN. The van der Waals surface area contributed by atoms with Gasteiger partial charge in [-0.25, -0.2) is 0 Å². The van der Waals surface area contributed by atoms with Gasteiger partial charge in [0.25, 0.3) is 0 Å². The molecule has 2 saturated carbocycles. The van der Waals surface area contributed by atoms with Crippen molar-refractivity contribution in [3.8, 4) is 22.3 Å². The summed E-state index contributed by atoms with van der Waals surface area (Å²) in [5.74, 6) is 8.21. The standard InChI is InChI=1S/C29H26.C15H12Br2.C7H8.CH3F.BHN/c1-29(2)23-11-21-19(25-13-3-5-15(7-13)27(21)25)9-17(23)18-10-20-22(12-24(18)29)28-16-6-4-14(8-16)26(20)28;1-15(2)13-7-9(16)3-5-11(13)12-6-4-10(17)8-14(12)15;1-2-7-4-3-6(1)5-7;2*1-2/h3-6,9-16,25-28H,7-8H2,1-2H3;3-8H,1-2H3;1-4,6-7H,5H2;1H3;2H/i;;;1D;2D. The van der Waals surface area contributed by atoms with Gasteiger partial charge in [0.2, 0.25) is 0 Å². The first-order chi connectivity index (χ1) is 28.4. The van der Waals surface area contributed by atoms with Gasteiger partial charge in [0, 0.05) is 19.8 Å². The van der Waals surface area contributed by atoms with Crippen LogP contribution in [0.5, 0.6) is 0 Å². The van der Waals surface area contributed by atoms with E-state index in [1.54, 1.807) is 44.5 Å². The van der Waals surface area contributed by atoms with E-state index in [9.17, 15) is 4.39 Å². The average molecular weight is 881 g/mol. The summed E-state index contributed by atoms with van der Waals surface area (Å²) in [7, 11) is 3.14. The summed E-state index contributed by atoms with van der Waals surface area (Å²) in [6.07, 6.45) is 23.4. The summed E-state index contributed by atoms with van der Waals surface area (Å²) in [6.45, 7) is 9.53. The van der Waals surface area contributed by atoms with Gasteiger partial charge in [-0.05, 0) is 169 Å². The number of hydrogen-bond donors (Lipinski definition) is 1. The fourth-order valence-electron chi connectivity index (χ4n) is 13.2. The maximum absolute atomic E-state index is 9.96. The molecule has 0 aliphatic heterocycles. The number of alkyl halides is 1. The summed E-state index contributed by atoms with van der Waals surface area (Å²) < 4.78 is 23.4. The molecule has 0 heterocycles. The second-order valence-electron chi connectivity index (χ2n) is 19.0. The molecule has 1 radical (unpaired) electrons. The molecule has 0 amide bonds. The molecule has 287 valence electrons. The fourth-order valence-corrected chi connectivity index (χ4v) is 13.9. The zero-order valence-electron chi connectivity index (χ0n) is 35.2. The quantitative estimate of drug-likeness (QED) is 0.134. The molecule has 0 aromatic heterocycles. The van der Waals surface area contributed by atoms with E-state index in [1.165, 1.54) is 41.5 Å². The van der Waals surface area contributed by atoms with Crippen LogP contribution < -0.4 is 0 Å². The Bertz CT molecular complexity index is 2360. The monoisotopic (exact) mass is 878 g/mol. The number of hydrogen-bond acceptors (Lipinski definition) is 1. The summed E-state index contributed by atoms with van der Waals surface area (Å²) >= 11 is 7.13. The molecule has 10 aliphatic rings. The van der Waals surface area contributed by atoms with E-state index in [4.69, 9.17) is 2.78 Å². The minimum absolute atomic E-state index is 0.0816. The van der Waals surface area contributed by atoms with E-state index in [0.717, 1.165) is 68.1 Å². The molecule has 4 aromatic carbocycles. The summed E-state index contributed by atoms with van der Waals surface area (Å²) in [5.41, 5.74) is 18.9. The first-order valence-corrected chi connectivity index (χ1v) is 22.4. The molecule has 2 fully saturated rings. The van der Waals surface area contributed by atoms with Crippen LogP contribution in [0.1, 0.15) is 117 Å². The summed E-state index contributed by atoms with van der Waals surface area (Å²) in [5, 5.41) is 2.25. The van der Waals surface area contributed by atoms with Crippen molar-refractivity contribution in [1.29, 1.82) is 5.31 Å². The molecule has 4 aromatic rings. The second-order valence-corrected chi connectivity index (χ2v) is 20.8. The van der Waals surface area contributed by atoms with Gasteiger partial charge in [-0.1, -0.05) is 145 Å². The van der Waals surface area contributed by atoms with Crippen molar-refractivity contribution in [2.24, 2.45) is 35.5 Å². The molecule has 1 N–H and O–H groups in total. The molecule has 6 bridgehead atoms. The van der Waals surface area contributed by atoms with Crippen LogP contribution in [0.3, 0.4) is 0 Å². The molecule has 14 rings (SSSR count). The van der Waals surface area contributed by atoms with E-state index >= 15 is 0 Å². The molecule has 0 spiro atoms. The van der Waals surface area contributed by atoms with Crippen LogP contribution in [0.4, 0.5) is 4.39 Å². The predicted octanol–water partition coefficient (Wildman–Crippen LogP) is 14.5. The summed E-state index contributed by atoms with van der Waals surface area (Å²) in [4.78, 5) is 0. The van der Waals surface area contributed by atoms with Crippen molar-refractivity contribution < 1.29 is 7.17 Å². The molecule has 10 aliphatic carbocycles. The first-order valence-electron chi connectivity index (χ1n) is 21.9. The normalized spacial score (nSPS) is 32.5. The number of benzene rings is 4. The van der Waals surface area contributed by atoms with E-state index in [-0.39, 0.29) is 10.8 Å². The van der Waals surface area contributed by atoms with Gasteiger partial charge in [0.15, 0.2) is 0 Å². The molecule has 57 heavy (non-hydrogen) atoms. The van der Waals surface area contributed by atoms with Crippen molar-refractivity contribution >= 4 is 39.5 Å². The third kappa shape index (κ3) is 5.35. The van der Waals surface area contributed by atoms with Gasteiger partial charge in [-0.2, -0.15) is 0 Å². The number of halogens is 3. The van der Waals surface area contributed by atoms with Gasteiger partial charge in [-0.3, -0.25) is 4.39 Å². The zero-order chi connectivity index (χ0) is 41.1. The van der Waals surface area contributed by atoms with Gasteiger partial charge in [-0.15, -0.1) is 0 Å². The maximum atomic E-state index is 9.96. The minimum atomic E-state index is -1.00. The van der Waals surface area contributed by atoms with Crippen LogP contribution in [0.2, 0.25) is 1.41 Å². The van der Waals surface area contributed by atoms with Crippen LogP contribution in [0.15, 0.2) is 118 Å². The van der Waals surface area contributed by atoms with E-state index in [0.29, 0.717) is 0 Å². The molecule has 1 nitrogen and oxygen atoms in total. The Labute approximate surface area is 359 Å². The van der Waals surface area contributed by atoms with Crippen molar-refractivity contribution in [3.05, 3.63) is 163 Å². The van der Waals surface area contributed by atoms with Crippen LogP contribution in [-0.4, -0.2) is 14.8 Å². The molecule has 8 unspecified atom stereocenters. The van der Waals surface area contributed by atoms with Crippen molar-refractivity contribution in [2.75, 3.05) is 7.15 Å². The molecule has 8 atom stereocenters. The predicted molar refractivity (Wildman–Crippen MR) is 241 cm³/mol. The number of nitrogens with one attached hydrogen (secondary N) is 1. The topological polar surface area (TPSA) is 23.9 Å². The third-order valence-electron chi connectivity index (χ3n) is 15.8. The first kappa shape index (κ1) is 35.5. The second kappa shape index (κ2) is 13.6. The van der Waals surface area contributed by atoms with Crippen LogP contribution in [0, 0.1) is 40.8 Å². The van der Waals surface area contributed by atoms with Crippen molar-refractivity contribution in [3.63, 3.8) is 0 Å². The third-order valence-corrected chi connectivity index (χ3v) is 16.8. The van der Waals surface area contributed by atoms with Crippen molar-refractivity contribution in [1.82, 2.24) is 0 Å². The Morgan fingerprint density at radius 3 is 1.18 bits per heavy atom. The van der Waals surface area contributed by atoms with Crippen LogP contribution in [-0.2, 0) is 10.8 Å². The van der Waals surface area contributed by atoms with E-state index in [2.05, 4.69) is 182 Å². The SMILES string of the molecule is C1=CC2C=CC1C2.CC1(C)c2cc(Br)ccc2-c2ccc(Br)cc21.CC1(C)c2cc3c(cc2-c2cc4c(cc21)C1C2C=CC(C2)C41)C1C2C=CC(C2)C31.[2H]CF.[2H]N=[B]. The van der Waals surface area contributed by atoms with Crippen molar-refractivity contribution in [2.45, 2.75) is 81.5 Å². The number of allylic oxidation sites excluding steroid dienone is 8. The van der Waals surface area contributed by atoms with E-state index < -0.39 is 7.15 Å². The Hall–Kier alpha value is -3.41. The Morgan fingerprint density at radius 1 is 0.544 bits per heavy atom. The van der Waals surface area contributed by atoms with Gasteiger partial charge < -0.3 is 0 Å². The zero-order valence-corrected chi connectivity index (χ0v) is 36.3. The van der Waals surface area contributed by atoms with Gasteiger partial charge in [0.05, 0.1) is 8.52 Å². The average Bonchev–Trinajstić information content (AvgIpc) is 4.09. The van der Waals surface area contributed by atoms with Gasteiger partial charge in [0.1, 0.15) is 0 Å². The van der Waals surface area contributed by atoms with Gasteiger partial charge >= 0.3 is 14.4 Å². The van der Waals surface area contributed by atoms with Crippen LogP contribution in [0.25, 0.3) is 22.3 Å². The summed E-state index contributed by atoms with van der Waals surface area (Å²) in [6, 6.07) is 23.7. The Kier molecular flexibility index (Phi) is 8.46. The van der Waals surface area contributed by atoms with E-state index in [1.807, 2.05) is 0 Å². The number of rotatable bonds is 0. The molecular weight excluding hydrogens is 828 g/mol.